The molecule has 0 bridgehead atoms. The van der Waals surface area contributed by atoms with Crippen LogP contribution < -0.4 is 4.74 Å². The molecular weight excluding hydrogens is 264 g/mol. The second kappa shape index (κ2) is 5.35. The summed E-state index contributed by atoms with van der Waals surface area (Å²) in [4.78, 5) is 12.3. The average molecular weight is 286 g/mol. The van der Waals surface area contributed by atoms with Crippen molar-refractivity contribution in [1.82, 2.24) is 9.78 Å². The van der Waals surface area contributed by atoms with Gasteiger partial charge in [-0.3, -0.25) is 4.68 Å². The lowest BCUT2D eigenvalue weighted by Crippen LogP contribution is -2.14. The van der Waals surface area contributed by atoms with E-state index in [2.05, 4.69) is 25.9 Å². The van der Waals surface area contributed by atoms with Gasteiger partial charge in [0.15, 0.2) is 0 Å². The Kier molecular flexibility index (Phi) is 3.90. The molecule has 0 N–H and O–H groups in total. The van der Waals surface area contributed by atoms with Gasteiger partial charge in [-0.1, -0.05) is 38.5 Å². The first kappa shape index (κ1) is 15.3. The van der Waals surface area contributed by atoms with Crippen LogP contribution in [0.2, 0.25) is 0 Å². The van der Waals surface area contributed by atoms with Gasteiger partial charge in [-0.2, -0.15) is 5.10 Å². The van der Waals surface area contributed by atoms with E-state index in [1.165, 1.54) is 0 Å². The predicted molar refractivity (Wildman–Crippen MR) is 82.8 cm³/mol. The minimum atomic E-state index is -0.382. The molecule has 21 heavy (non-hydrogen) atoms. The molecule has 4 heteroatoms. The van der Waals surface area contributed by atoms with Crippen LogP contribution >= 0.6 is 0 Å². The van der Waals surface area contributed by atoms with Crippen LogP contribution in [0.3, 0.4) is 0 Å². The van der Waals surface area contributed by atoms with Crippen LogP contribution in [0, 0.1) is 13.8 Å². The second-order valence-electron chi connectivity index (χ2n) is 6.45. The highest BCUT2D eigenvalue weighted by atomic mass is 16.5. The fourth-order valence-corrected chi connectivity index (χ4v) is 2.09. The molecular formula is C17H22N2O2. The number of benzene rings is 1. The number of aromatic nitrogens is 2. The maximum Gasteiger partial charge on any atom is 0.361 e. The highest BCUT2D eigenvalue weighted by Gasteiger charge is 2.23. The van der Waals surface area contributed by atoms with E-state index in [0.717, 1.165) is 16.8 Å². The molecule has 2 aromatic rings. The Morgan fingerprint density at radius 2 is 1.86 bits per heavy atom. The van der Waals surface area contributed by atoms with E-state index in [9.17, 15) is 4.79 Å². The van der Waals surface area contributed by atoms with Gasteiger partial charge in [0.05, 0.1) is 5.69 Å². The van der Waals surface area contributed by atoms with Gasteiger partial charge in [-0.25, -0.2) is 4.79 Å². The van der Waals surface area contributed by atoms with Crippen LogP contribution in [-0.4, -0.2) is 15.7 Å². The third kappa shape index (κ3) is 3.32. The first-order valence-corrected chi connectivity index (χ1v) is 7.02. The fourth-order valence-electron chi connectivity index (χ4n) is 2.09. The first-order chi connectivity index (χ1) is 9.68. The minimum Gasteiger partial charge on any atom is -0.422 e. The number of carbonyl (C=O) groups is 1. The molecule has 0 aliphatic carbocycles. The smallest absolute Gasteiger partial charge is 0.361 e. The monoisotopic (exact) mass is 286 g/mol. The Morgan fingerprint density at radius 1 is 1.19 bits per heavy atom. The van der Waals surface area contributed by atoms with E-state index >= 15 is 0 Å². The van der Waals surface area contributed by atoms with Crippen molar-refractivity contribution < 1.29 is 9.53 Å². The number of ether oxygens (including phenoxy) is 1. The fraction of sp³-hybridized carbons (Fsp3) is 0.412. The average Bonchev–Trinajstić information content (AvgIpc) is 2.75. The summed E-state index contributed by atoms with van der Waals surface area (Å²) in [5.74, 6) is 0.205. The Hall–Kier alpha value is -2.10. The summed E-state index contributed by atoms with van der Waals surface area (Å²) in [6, 6.07) is 7.54. The molecule has 0 aliphatic rings. The van der Waals surface area contributed by atoms with E-state index in [0.29, 0.717) is 11.4 Å². The predicted octanol–water partition coefficient (Wildman–Crippen LogP) is 3.55. The highest BCUT2D eigenvalue weighted by Crippen LogP contribution is 2.23. The molecule has 0 amide bonds. The summed E-state index contributed by atoms with van der Waals surface area (Å²) in [7, 11) is 1.76. The Bertz CT molecular complexity index is 679. The largest absolute Gasteiger partial charge is 0.422 e. The molecule has 0 saturated carbocycles. The Morgan fingerprint density at radius 3 is 2.38 bits per heavy atom. The lowest BCUT2D eigenvalue weighted by molar-refractivity contribution is 0.0722. The lowest BCUT2D eigenvalue weighted by Gasteiger charge is -2.13. The zero-order chi connectivity index (χ0) is 15.8. The van der Waals surface area contributed by atoms with Crippen LogP contribution in [0.1, 0.15) is 48.1 Å². The molecule has 0 atom stereocenters. The second-order valence-corrected chi connectivity index (χ2v) is 6.45. The zero-order valence-corrected chi connectivity index (χ0v) is 13.5. The molecule has 112 valence electrons. The first-order valence-electron chi connectivity index (χ1n) is 7.02. The molecule has 0 aliphatic heterocycles. The van der Waals surface area contributed by atoms with Crippen molar-refractivity contribution in [1.29, 1.82) is 0 Å². The molecule has 1 aromatic carbocycles. The summed E-state index contributed by atoms with van der Waals surface area (Å²) >= 11 is 0. The molecule has 0 unspecified atom stereocenters. The standard InChI is InChI=1S/C17H22N2O2/c1-11-7-8-14(12(2)9-11)21-16(20)13-10-15(17(3,4)5)18-19(13)6/h7-10H,1-6H3. The third-order valence-corrected chi connectivity index (χ3v) is 3.39. The van der Waals surface area contributed by atoms with Gasteiger partial charge in [0.1, 0.15) is 11.4 Å². The summed E-state index contributed by atoms with van der Waals surface area (Å²) in [5.41, 5.74) is 3.32. The number of nitrogens with zero attached hydrogens (tertiary/aromatic N) is 2. The summed E-state index contributed by atoms with van der Waals surface area (Å²) in [6.07, 6.45) is 0. The minimum absolute atomic E-state index is 0.101. The highest BCUT2D eigenvalue weighted by molar-refractivity contribution is 5.89. The number of hydrogen-bond acceptors (Lipinski definition) is 3. The van der Waals surface area contributed by atoms with Gasteiger partial charge in [-0.05, 0) is 31.5 Å². The van der Waals surface area contributed by atoms with Crippen molar-refractivity contribution in [2.45, 2.75) is 40.0 Å². The normalized spacial score (nSPS) is 11.5. The van der Waals surface area contributed by atoms with Crippen LogP contribution in [0.25, 0.3) is 0 Å². The van der Waals surface area contributed by atoms with Gasteiger partial charge in [-0.15, -0.1) is 0 Å². The van der Waals surface area contributed by atoms with E-state index in [1.54, 1.807) is 17.8 Å². The van der Waals surface area contributed by atoms with Crippen molar-refractivity contribution >= 4 is 5.97 Å². The number of carbonyl (C=O) groups excluding carboxylic acids is 1. The Balaban J connectivity index is 2.27. The van der Waals surface area contributed by atoms with Crippen molar-refractivity contribution in [2.24, 2.45) is 7.05 Å². The maximum absolute atomic E-state index is 12.3. The summed E-state index contributed by atoms with van der Waals surface area (Å²) in [6.45, 7) is 10.1. The lowest BCUT2D eigenvalue weighted by atomic mass is 9.92. The number of aryl methyl sites for hydroxylation is 3. The van der Waals surface area contributed by atoms with Crippen molar-refractivity contribution in [2.75, 3.05) is 0 Å². The van der Waals surface area contributed by atoms with Crippen LogP contribution in [0.5, 0.6) is 5.75 Å². The van der Waals surface area contributed by atoms with Crippen molar-refractivity contribution in [3.63, 3.8) is 0 Å². The molecule has 1 aromatic heterocycles. The van der Waals surface area contributed by atoms with E-state index in [-0.39, 0.29) is 11.4 Å². The molecule has 2 rings (SSSR count). The van der Waals surface area contributed by atoms with E-state index < -0.39 is 0 Å². The topological polar surface area (TPSA) is 44.1 Å². The van der Waals surface area contributed by atoms with E-state index in [4.69, 9.17) is 4.74 Å². The number of hydrogen-bond donors (Lipinski definition) is 0. The molecule has 1 heterocycles. The molecule has 4 nitrogen and oxygen atoms in total. The molecule has 0 spiro atoms. The quantitative estimate of drug-likeness (QED) is 0.626. The van der Waals surface area contributed by atoms with Crippen molar-refractivity contribution in [3.05, 3.63) is 46.8 Å². The molecule has 0 fully saturated rings. The molecule has 0 saturated heterocycles. The van der Waals surface area contributed by atoms with Gasteiger partial charge >= 0.3 is 5.97 Å². The Labute approximate surface area is 125 Å². The summed E-state index contributed by atoms with van der Waals surface area (Å²) in [5, 5.41) is 4.40. The van der Waals surface area contributed by atoms with Gasteiger partial charge in [0, 0.05) is 12.5 Å². The molecule has 0 radical (unpaired) electrons. The van der Waals surface area contributed by atoms with Gasteiger partial charge in [0.25, 0.3) is 0 Å². The van der Waals surface area contributed by atoms with Crippen LogP contribution in [-0.2, 0) is 12.5 Å². The zero-order valence-electron chi connectivity index (χ0n) is 13.5. The van der Waals surface area contributed by atoms with Crippen LogP contribution in [0.4, 0.5) is 0 Å². The third-order valence-electron chi connectivity index (χ3n) is 3.39. The maximum atomic E-state index is 12.3. The number of rotatable bonds is 2. The van der Waals surface area contributed by atoms with Gasteiger partial charge < -0.3 is 4.74 Å². The van der Waals surface area contributed by atoms with Crippen molar-refractivity contribution in [3.8, 4) is 5.75 Å². The summed E-state index contributed by atoms with van der Waals surface area (Å²) < 4.78 is 7.07. The SMILES string of the molecule is Cc1ccc(OC(=O)c2cc(C(C)(C)C)nn2C)c(C)c1. The van der Waals surface area contributed by atoms with E-state index in [1.807, 2.05) is 32.0 Å². The van der Waals surface area contributed by atoms with Crippen LogP contribution in [0.15, 0.2) is 24.3 Å². The van der Waals surface area contributed by atoms with Gasteiger partial charge in [0.2, 0.25) is 0 Å². The number of esters is 1.